The molecule has 38 heavy (non-hydrogen) atoms. The number of amides is 2. The third-order valence-electron chi connectivity index (χ3n) is 7.90. The number of carboxylic acid groups (broad SMARTS) is 2. The molecule has 1 aromatic heterocycles. The van der Waals surface area contributed by atoms with Crippen molar-refractivity contribution in [3.05, 3.63) is 12.3 Å². The van der Waals surface area contributed by atoms with Crippen molar-refractivity contribution in [3.8, 4) is 0 Å². The number of hydrogen-bond acceptors (Lipinski definition) is 8. The van der Waals surface area contributed by atoms with Gasteiger partial charge in [0.15, 0.2) is 0 Å². The molecule has 3 heterocycles. The quantitative estimate of drug-likeness (QED) is 0.262. The van der Waals surface area contributed by atoms with Crippen LogP contribution in [-0.2, 0) is 0 Å². The largest absolute Gasteiger partial charge is 0.465 e. The van der Waals surface area contributed by atoms with E-state index < -0.39 is 12.2 Å². The number of nitrogens with zero attached hydrogens (tertiary/aromatic N) is 5. The molecule has 5 N–H and O–H groups in total. The van der Waals surface area contributed by atoms with E-state index in [0.717, 1.165) is 38.3 Å². The molecule has 2 aliphatic heterocycles. The zero-order valence-corrected chi connectivity index (χ0v) is 22.1. The minimum Gasteiger partial charge on any atom is -0.465 e. The van der Waals surface area contributed by atoms with E-state index in [1.54, 1.807) is 0 Å². The fourth-order valence-corrected chi connectivity index (χ4v) is 6.17. The lowest BCUT2D eigenvalue weighted by atomic mass is 9.87. The van der Waals surface area contributed by atoms with Crippen LogP contribution >= 0.6 is 0 Å². The fourth-order valence-electron chi connectivity index (χ4n) is 6.17. The van der Waals surface area contributed by atoms with E-state index in [1.165, 1.54) is 57.8 Å². The molecule has 0 radical (unpaired) electrons. The van der Waals surface area contributed by atoms with Crippen LogP contribution < -0.4 is 20.9 Å². The van der Waals surface area contributed by atoms with Gasteiger partial charge >= 0.3 is 12.2 Å². The summed E-state index contributed by atoms with van der Waals surface area (Å²) in [4.78, 5) is 40.8. The first-order valence-corrected chi connectivity index (χ1v) is 14.1. The fraction of sp³-hybridized carbons (Fsp3) is 0.731. The van der Waals surface area contributed by atoms with Gasteiger partial charge < -0.3 is 20.4 Å². The second-order valence-corrected chi connectivity index (χ2v) is 10.5. The minimum atomic E-state index is -1.36. The highest BCUT2D eigenvalue weighted by atomic mass is 16.4. The summed E-state index contributed by atoms with van der Waals surface area (Å²) in [7, 11) is 0. The molecule has 2 amide bonds. The van der Waals surface area contributed by atoms with E-state index in [-0.39, 0.29) is 24.6 Å². The Kier molecular flexibility index (Phi) is 10.4. The number of guanidine groups is 1. The molecule has 2 atom stereocenters. The van der Waals surface area contributed by atoms with Crippen LogP contribution in [-0.4, -0.2) is 87.5 Å². The molecule has 3 aliphatic rings. The summed E-state index contributed by atoms with van der Waals surface area (Å²) < 4.78 is 0. The molecular formula is C26H42N8O4. The van der Waals surface area contributed by atoms with Crippen molar-refractivity contribution >= 4 is 29.9 Å². The molecule has 0 spiro atoms. The molecule has 12 nitrogen and oxygen atoms in total. The van der Waals surface area contributed by atoms with Crippen LogP contribution in [0.4, 0.5) is 21.4 Å². The normalized spacial score (nSPS) is 23.2. The molecule has 210 valence electrons. The second kappa shape index (κ2) is 14.1. The molecule has 12 heteroatoms. The summed E-state index contributed by atoms with van der Waals surface area (Å²) in [5, 5.41) is 25.8. The molecule has 2 unspecified atom stereocenters. The lowest BCUT2D eigenvalue weighted by Gasteiger charge is -2.46. The maximum atomic E-state index is 11.1. The van der Waals surface area contributed by atoms with Gasteiger partial charge in [0.1, 0.15) is 5.82 Å². The summed E-state index contributed by atoms with van der Waals surface area (Å²) in [5.74, 6) is 1.33. The first kappa shape index (κ1) is 27.9. The van der Waals surface area contributed by atoms with Gasteiger partial charge in [-0.25, -0.2) is 14.6 Å². The van der Waals surface area contributed by atoms with Crippen LogP contribution in [0, 0.1) is 0 Å². The molecule has 1 aromatic rings. The highest BCUT2D eigenvalue weighted by molar-refractivity contribution is 6.00. The predicted molar refractivity (Wildman–Crippen MR) is 146 cm³/mol. The number of rotatable bonds is 7. The lowest BCUT2D eigenvalue weighted by molar-refractivity contribution is 0.0610. The van der Waals surface area contributed by atoms with E-state index in [4.69, 9.17) is 15.2 Å². The zero-order chi connectivity index (χ0) is 26.7. The molecule has 2 saturated heterocycles. The summed E-state index contributed by atoms with van der Waals surface area (Å²) in [6.45, 7) is 3.34. The van der Waals surface area contributed by atoms with E-state index in [9.17, 15) is 9.59 Å². The number of likely N-dealkylation sites (tertiary alicyclic amines) is 1. The number of aromatic nitrogens is 2. The lowest BCUT2D eigenvalue weighted by Crippen LogP contribution is -2.56. The van der Waals surface area contributed by atoms with Crippen molar-refractivity contribution in [3.63, 3.8) is 0 Å². The SMILES string of the molecule is O=C(O)NC(=NCCC1C(Nc2nccc(N3CCCCCC3)n2)CCCN1C1CCCCC1)NC(=O)O. The monoisotopic (exact) mass is 530 g/mol. The molecule has 4 rings (SSSR count). The Morgan fingerprint density at radius 1 is 0.921 bits per heavy atom. The highest BCUT2D eigenvalue weighted by Gasteiger charge is 2.36. The van der Waals surface area contributed by atoms with Crippen LogP contribution in [0.3, 0.4) is 0 Å². The van der Waals surface area contributed by atoms with Crippen LogP contribution in [0.5, 0.6) is 0 Å². The molecule has 0 bridgehead atoms. The summed E-state index contributed by atoms with van der Waals surface area (Å²) in [5.41, 5.74) is 0. The van der Waals surface area contributed by atoms with E-state index in [2.05, 4.69) is 25.1 Å². The summed E-state index contributed by atoms with van der Waals surface area (Å²) >= 11 is 0. The van der Waals surface area contributed by atoms with Gasteiger partial charge in [-0.15, -0.1) is 0 Å². The van der Waals surface area contributed by atoms with Crippen LogP contribution in [0.1, 0.15) is 77.0 Å². The predicted octanol–water partition coefficient (Wildman–Crippen LogP) is 3.72. The van der Waals surface area contributed by atoms with E-state index in [1.807, 2.05) is 22.9 Å². The number of anilines is 2. The summed E-state index contributed by atoms with van der Waals surface area (Å²) in [6, 6.07) is 2.77. The average molecular weight is 531 g/mol. The maximum Gasteiger partial charge on any atom is 0.411 e. The van der Waals surface area contributed by atoms with Crippen molar-refractivity contribution in [1.82, 2.24) is 25.5 Å². The Morgan fingerprint density at radius 3 is 2.29 bits per heavy atom. The molecule has 0 aromatic carbocycles. The average Bonchev–Trinajstić information content (AvgIpc) is 3.19. The Labute approximate surface area is 224 Å². The Morgan fingerprint density at radius 2 is 1.61 bits per heavy atom. The van der Waals surface area contributed by atoms with Gasteiger partial charge in [0.2, 0.25) is 11.9 Å². The van der Waals surface area contributed by atoms with E-state index >= 15 is 0 Å². The zero-order valence-electron chi connectivity index (χ0n) is 22.1. The van der Waals surface area contributed by atoms with Gasteiger partial charge in [0.25, 0.3) is 0 Å². The number of hydrogen-bond donors (Lipinski definition) is 5. The second-order valence-electron chi connectivity index (χ2n) is 10.5. The van der Waals surface area contributed by atoms with Gasteiger partial charge in [-0.2, -0.15) is 4.98 Å². The van der Waals surface area contributed by atoms with Crippen molar-refractivity contribution in [2.24, 2.45) is 4.99 Å². The minimum absolute atomic E-state index is 0.114. The molecular weight excluding hydrogens is 488 g/mol. The van der Waals surface area contributed by atoms with Crippen molar-refractivity contribution in [2.45, 2.75) is 95.2 Å². The van der Waals surface area contributed by atoms with Crippen molar-refractivity contribution in [1.29, 1.82) is 0 Å². The van der Waals surface area contributed by atoms with Gasteiger partial charge in [-0.3, -0.25) is 20.5 Å². The Balaban J connectivity index is 1.49. The number of aliphatic imine (C=N–C) groups is 1. The van der Waals surface area contributed by atoms with Crippen molar-refractivity contribution < 1.29 is 19.8 Å². The first-order chi connectivity index (χ1) is 18.5. The third-order valence-corrected chi connectivity index (χ3v) is 7.90. The third kappa shape index (κ3) is 8.17. The van der Waals surface area contributed by atoms with Crippen molar-refractivity contribution in [2.75, 3.05) is 36.4 Å². The molecule has 1 aliphatic carbocycles. The number of nitrogens with one attached hydrogen (secondary N) is 3. The van der Waals surface area contributed by atoms with Gasteiger partial charge in [0.05, 0.1) is 0 Å². The first-order valence-electron chi connectivity index (χ1n) is 14.1. The van der Waals surface area contributed by atoms with E-state index in [0.29, 0.717) is 18.4 Å². The smallest absolute Gasteiger partial charge is 0.411 e. The van der Waals surface area contributed by atoms with Crippen LogP contribution in [0.25, 0.3) is 0 Å². The topological polar surface area (TPSA) is 155 Å². The van der Waals surface area contributed by atoms with Gasteiger partial charge in [-0.05, 0) is 57.6 Å². The van der Waals surface area contributed by atoms with Crippen LogP contribution in [0.15, 0.2) is 17.3 Å². The maximum absolute atomic E-state index is 11.1. The molecule has 3 fully saturated rings. The molecule has 1 saturated carbocycles. The standard InChI is InChI=1S/C26H42N8O4/c35-25(36)31-24(32-26(37)38)27-14-12-21-20(11-8-18-34(21)19-9-4-3-5-10-19)29-23-28-15-13-22(30-23)33-16-6-1-2-7-17-33/h13,15,19-21H,1-12,14,16-18H2,(H,35,36)(H,37,38)(H2,27,31,32)(H,28,29,30). The van der Waals surface area contributed by atoms with Gasteiger partial charge in [-0.1, -0.05) is 32.1 Å². The number of carbonyl (C=O) groups is 2. The Bertz CT molecular complexity index is 929. The Hall–Kier alpha value is -3.15. The number of piperidine rings is 1. The summed E-state index contributed by atoms with van der Waals surface area (Å²) in [6.07, 6.45) is 12.8. The van der Waals surface area contributed by atoms with Gasteiger partial charge in [0, 0.05) is 44.0 Å². The van der Waals surface area contributed by atoms with Crippen LogP contribution in [0.2, 0.25) is 0 Å². The highest BCUT2D eigenvalue weighted by Crippen LogP contribution is 2.31.